The van der Waals surface area contributed by atoms with Gasteiger partial charge in [0.2, 0.25) is 0 Å². The van der Waals surface area contributed by atoms with E-state index in [1.807, 2.05) is 0 Å². The van der Waals surface area contributed by atoms with Crippen LogP contribution in [0.5, 0.6) is 0 Å². The van der Waals surface area contributed by atoms with Crippen molar-refractivity contribution >= 4 is 0 Å². The Labute approximate surface area is 90.7 Å². The van der Waals surface area contributed by atoms with Gasteiger partial charge in [0.1, 0.15) is 0 Å². The van der Waals surface area contributed by atoms with E-state index in [0.717, 1.165) is 0 Å². The van der Waals surface area contributed by atoms with Crippen molar-refractivity contribution in [2.24, 2.45) is 5.41 Å². The molecule has 0 aliphatic heterocycles. The maximum absolute atomic E-state index is 3.70. The lowest BCUT2D eigenvalue weighted by Gasteiger charge is -2.37. The van der Waals surface area contributed by atoms with E-state index < -0.39 is 0 Å². The molecule has 0 heterocycles. The highest BCUT2D eigenvalue weighted by molar-refractivity contribution is 4.86. The van der Waals surface area contributed by atoms with E-state index in [4.69, 9.17) is 0 Å². The highest BCUT2D eigenvalue weighted by Crippen LogP contribution is 2.31. The van der Waals surface area contributed by atoms with Crippen molar-refractivity contribution in [3.63, 3.8) is 0 Å². The van der Waals surface area contributed by atoms with E-state index in [-0.39, 0.29) is 5.54 Å². The van der Waals surface area contributed by atoms with Crippen LogP contribution in [0.15, 0.2) is 0 Å². The molecule has 1 unspecified atom stereocenters. The van der Waals surface area contributed by atoms with Crippen molar-refractivity contribution in [1.82, 2.24) is 5.32 Å². The molecule has 14 heavy (non-hydrogen) atoms. The molecule has 0 aromatic heterocycles. The van der Waals surface area contributed by atoms with Gasteiger partial charge in [-0.3, -0.25) is 0 Å². The molecule has 0 saturated carbocycles. The van der Waals surface area contributed by atoms with Crippen LogP contribution in [0.2, 0.25) is 0 Å². The molecule has 0 bridgehead atoms. The highest BCUT2D eigenvalue weighted by atomic mass is 15.0. The molecule has 0 spiro atoms. The summed E-state index contributed by atoms with van der Waals surface area (Å²) in [5, 5.41) is 3.70. The van der Waals surface area contributed by atoms with Crippen molar-refractivity contribution in [3.8, 4) is 0 Å². The van der Waals surface area contributed by atoms with Crippen LogP contribution in [-0.4, -0.2) is 11.6 Å². The van der Waals surface area contributed by atoms with Gasteiger partial charge in [-0.25, -0.2) is 0 Å². The lowest BCUT2D eigenvalue weighted by molar-refractivity contribution is 0.202. The Morgan fingerprint density at radius 2 is 1.57 bits per heavy atom. The first kappa shape index (κ1) is 14.0. The van der Waals surface area contributed by atoms with Gasteiger partial charge in [-0.2, -0.15) is 0 Å². The van der Waals surface area contributed by atoms with Gasteiger partial charge < -0.3 is 5.32 Å². The fraction of sp³-hybridized carbons (Fsp3) is 1.00. The Kier molecular flexibility index (Phi) is 5.14. The topological polar surface area (TPSA) is 12.0 Å². The Bertz CT molecular complexity index is 159. The quantitative estimate of drug-likeness (QED) is 0.682. The first-order chi connectivity index (χ1) is 6.22. The van der Waals surface area contributed by atoms with Crippen molar-refractivity contribution in [2.45, 2.75) is 79.3 Å². The molecule has 0 rings (SSSR count). The van der Waals surface area contributed by atoms with Crippen LogP contribution in [0.4, 0.5) is 0 Å². The normalized spacial score (nSPS) is 15.6. The Morgan fingerprint density at radius 3 is 1.93 bits per heavy atom. The number of rotatable bonds is 6. The molecule has 0 aliphatic carbocycles. The third-order valence-electron chi connectivity index (χ3n) is 3.13. The molecule has 0 fully saturated rings. The molecule has 1 atom stereocenters. The maximum atomic E-state index is 3.70. The van der Waals surface area contributed by atoms with E-state index in [1.54, 1.807) is 0 Å². The minimum atomic E-state index is 0.259. The molecule has 86 valence electrons. The molecule has 0 radical (unpaired) electrons. The summed E-state index contributed by atoms with van der Waals surface area (Å²) in [5.41, 5.74) is 0.707. The summed E-state index contributed by atoms with van der Waals surface area (Å²) in [6.07, 6.45) is 3.69. The first-order valence-corrected chi connectivity index (χ1v) is 6.00. The van der Waals surface area contributed by atoms with Gasteiger partial charge in [-0.1, -0.05) is 34.1 Å². The largest absolute Gasteiger partial charge is 0.309 e. The third kappa shape index (κ3) is 5.64. The van der Waals surface area contributed by atoms with E-state index in [9.17, 15) is 0 Å². The number of nitrogens with one attached hydrogen (secondary N) is 1. The first-order valence-electron chi connectivity index (χ1n) is 6.00. The van der Waals surface area contributed by atoms with Gasteiger partial charge in [0.05, 0.1) is 0 Å². The zero-order valence-corrected chi connectivity index (χ0v) is 11.2. The van der Waals surface area contributed by atoms with Crippen LogP contribution in [0, 0.1) is 5.41 Å². The van der Waals surface area contributed by atoms with Crippen molar-refractivity contribution in [3.05, 3.63) is 0 Å². The van der Waals surface area contributed by atoms with Crippen LogP contribution in [0.3, 0.4) is 0 Å². The monoisotopic (exact) mass is 199 g/mol. The molecular weight excluding hydrogens is 170 g/mol. The average Bonchev–Trinajstić information content (AvgIpc) is 2.01. The molecule has 1 N–H and O–H groups in total. The van der Waals surface area contributed by atoms with Gasteiger partial charge in [0.25, 0.3) is 0 Å². The molecule has 0 saturated heterocycles. The number of hydrogen-bond acceptors (Lipinski definition) is 1. The van der Waals surface area contributed by atoms with E-state index in [0.29, 0.717) is 11.5 Å². The molecule has 0 aromatic carbocycles. The van der Waals surface area contributed by atoms with Gasteiger partial charge in [0.15, 0.2) is 0 Å². The molecule has 1 nitrogen and oxygen atoms in total. The smallest absolute Gasteiger partial charge is 0.0132 e. The van der Waals surface area contributed by atoms with Crippen molar-refractivity contribution in [2.75, 3.05) is 0 Å². The minimum Gasteiger partial charge on any atom is -0.309 e. The molecule has 1 heteroatoms. The van der Waals surface area contributed by atoms with Gasteiger partial charge in [-0.15, -0.1) is 0 Å². The standard InChI is InChI=1S/C13H29N/c1-8-11(3)14-13(6,7)10-12(4,5)9-2/h11,14H,8-10H2,1-7H3. The van der Waals surface area contributed by atoms with Crippen LogP contribution in [0.25, 0.3) is 0 Å². The van der Waals surface area contributed by atoms with Crippen LogP contribution >= 0.6 is 0 Å². The fourth-order valence-corrected chi connectivity index (χ4v) is 2.14. The highest BCUT2D eigenvalue weighted by Gasteiger charge is 2.27. The SMILES string of the molecule is CCC(C)NC(C)(C)CC(C)(C)CC. The summed E-state index contributed by atoms with van der Waals surface area (Å²) in [4.78, 5) is 0. The summed E-state index contributed by atoms with van der Waals surface area (Å²) >= 11 is 0. The predicted octanol–water partition coefficient (Wildman–Crippen LogP) is 3.98. The summed E-state index contributed by atoms with van der Waals surface area (Å²) in [6.45, 7) is 16.1. The van der Waals surface area contributed by atoms with E-state index in [2.05, 4.69) is 53.8 Å². The summed E-state index contributed by atoms with van der Waals surface area (Å²) in [7, 11) is 0. The van der Waals surface area contributed by atoms with Gasteiger partial charge in [-0.05, 0) is 39.0 Å². The lowest BCUT2D eigenvalue weighted by Crippen LogP contribution is -2.47. The zero-order chi connectivity index (χ0) is 11.4. The third-order valence-corrected chi connectivity index (χ3v) is 3.13. The Balaban J connectivity index is 4.19. The average molecular weight is 199 g/mol. The molecule has 0 aromatic rings. The van der Waals surface area contributed by atoms with Crippen LogP contribution < -0.4 is 5.32 Å². The number of hydrogen-bond donors (Lipinski definition) is 1. The van der Waals surface area contributed by atoms with Gasteiger partial charge >= 0.3 is 0 Å². The molecule has 0 amide bonds. The minimum absolute atomic E-state index is 0.259. The van der Waals surface area contributed by atoms with E-state index >= 15 is 0 Å². The summed E-state index contributed by atoms with van der Waals surface area (Å²) in [5.74, 6) is 0. The molecule has 0 aliphatic rings. The predicted molar refractivity (Wildman–Crippen MR) is 65.7 cm³/mol. The van der Waals surface area contributed by atoms with E-state index in [1.165, 1.54) is 19.3 Å². The Morgan fingerprint density at radius 1 is 1.07 bits per heavy atom. The van der Waals surface area contributed by atoms with Crippen molar-refractivity contribution < 1.29 is 0 Å². The second-order valence-corrected chi connectivity index (χ2v) is 6.03. The second-order valence-electron chi connectivity index (χ2n) is 6.03. The zero-order valence-electron chi connectivity index (χ0n) is 11.2. The van der Waals surface area contributed by atoms with Crippen molar-refractivity contribution in [1.29, 1.82) is 0 Å². The fourth-order valence-electron chi connectivity index (χ4n) is 2.14. The second kappa shape index (κ2) is 5.16. The summed E-state index contributed by atoms with van der Waals surface area (Å²) in [6, 6.07) is 0.623. The lowest BCUT2D eigenvalue weighted by atomic mass is 9.78. The van der Waals surface area contributed by atoms with Gasteiger partial charge in [0, 0.05) is 11.6 Å². The van der Waals surface area contributed by atoms with Crippen LogP contribution in [0.1, 0.15) is 67.7 Å². The summed E-state index contributed by atoms with van der Waals surface area (Å²) < 4.78 is 0. The molecular formula is C13H29N. The maximum Gasteiger partial charge on any atom is 0.0132 e. The Hall–Kier alpha value is -0.0400. The van der Waals surface area contributed by atoms with Crippen LogP contribution in [-0.2, 0) is 0 Å².